The van der Waals surface area contributed by atoms with Gasteiger partial charge in [-0.25, -0.2) is 0 Å². The van der Waals surface area contributed by atoms with Crippen LogP contribution in [0.2, 0.25) is 0 Å². The minimum Gasteiger partial charge on any atom is -0.493 e. The quantitative estimate of drug-likeness (QED) is 0.896. The van der Waals surface area contributed by atoms with Crippen LogP contribution in [-0.4, -0.2) is 25.7 Å². The maximum atomic E-state index is 12.5. The van der Waals surface area contributed by atoms with E-state index < -0.39 is 0 Å². The van der Waals surface area contributed by atoms with Crippen LogP contribution in [0.25, 0.3) is 0 Å². The number of benzene rings is 1. The summed E-state index contributed by atoms with van der Waals surface area (Å²) >= 11 is 0. The number of hydrogen-bond donors (Lipinski definition) is 1. The Kier molecular flexibility index (Phi) is 6.56. The monoisotopic (exact) mass is 305 g/mol. The average molecular weight is 305 g/mol. The molecular weight excluding hydrogens is 278 g/mol. The van der Waals surface area contributed by atoms with Gasteiger partial charge in [-0.15, -0.1) is 0 Å². The Morgan fingerprint density at radius 1 is 1.14 bits per heavy atom. The summed E-state index contributed by atoms with van der Waals surface area (Å²) in [6.07, 6.45) is 8.47. The van der Waals surface area contributed by atoms with Crippen LogP contribution in [0.4, 0.5) is 0 Å². The highest BCUT2D eigenvalue weighted by Crippen LogP contribution is 2.28. The molecule has 1 aromatic carbocycles. The molecule has 0 aliphatic heterocycles. The molecular formula is C18H27NO3. The lowest BCUT2D eigenvalue weighted by atomic mass is 9.96. The topological polar surface area (TPSA) is 47.6 Å². The van der Waals surface area contributed by atoms with Crippen molar-refractivity contribution in [2.24, 2.45) is 0 Å². The molecule has 0 bridgehead atoms. The SMILES string of the molecule is CCOc1cc(C(=O)NC2CCCCCCC2)ccc1OC. The maximum Gasteiger partial charge on any atom is 0.251 e. The summed E-state index contributed by atoms with van der Waals surface area (Å²) in [6.45, 7) is 2.46. The van der Waals surface area contributed by atoms with Gasteiger partial charge in [0.1, 0.15) is 0 Å². The van der Waals surface area contributed by atoms with Crippen LogP contribution in [0, 0.1) is 0 Å². The number of amides is 1. The molecule has 4 nitrogen and oxygen atoms in total. The largest absolute Gasteiger partial charge is 0.493 e. The average Bonchev–Trinajstić information content (AvgIpc) is 2.50. The Balaban J connectivity index is 2.03. The summed E-state index contributed by atoms with van der Waals surface area (Å²) in [4.78, 5) is 12.5. The van der Waals surface area contributed by atoms with Gasteiger partial charge in [0.25, 0.3) is 5.91 Å². The molecule has 1 N–H and O–H groups in total. The van der Waals surface area contributed by atoms with E-state index in [0.29, 0.717) is 29.7 Å². The number of nitrogens with one attached hydrogen (secondary N) is 1. The molecule has 0 atom stereocenters. The predicted octanol–water partition coefficient (Wildman–Crippen LogP) is 3.94. The van der Waals surface area contributed by atoms with Gasteiger partial charge in [0, 0.05) is 11.6 Å². The van der Waals surface area contributed by atoms with Gasteiger partial charge < -0.3 is 14.8 Å². The van der Waals surface area contributed by atoms with Gasteiger partial charge in [-0.05, 0) is 38.0 Å². The first-order valence-electron chi connectivity index (χ1n) is 8.36. The molecule has 1 aliphatic rings. The van der Waals surface area contributed by atoms with Gasteiger partial charge in [-0.1, -0.05) is 32.1 Å². The Hall–Kier alpha value is -1.71. The van der Waals surface area contributed by atoms with E-state index in [1.165, 1.54) is 32.1 Å². The highest BCUT2D eigenvalue weighted by atomic mass is 16.5. The zero-order chi connectivity index (χ0) is 15.8. The Morgan fingerprint density at radius 2 is 1.82 bits per heavy atom. The molecule has 4 heteroatoms. The molecule has 1 amide bonds. The summed E-state index contributed by atoms with van der Waals surface area (Å²) in [5.74, 6) is 1.26. The van der Waals surface area contributed by atoms with Crippen LogP contribution >= 0.6 is 0 Å². The fraction of sp³-hybridized carbons (Fsp3) is 0.611. The van der Waals surface area contributed by atoms with E-state index in [2.05, 4.69) is 5.32 Å². The van der Waals surface area contributed by atoms with E-state index in [1.54, 1.807) is 25.3 Å². The third-order valence-electron chi connectivity index (χ3n) is 4.17. The third kappa shape index (κ3) is 4.65. The minimum absolute atomic E-state index is 0.0193. The molecule has 0 unspecified atom stereocenters. The van der Waals surface area contributed by atoms with Gasteiger partial charge in [0.05, 0.1) is 13.7 Å². The first-order valence-corrected chi connectivity index (χ1v) is 8.36. The smallest absolute Gasteiger partial charge is 0.251 e. The third-order valence-corrected chi connectivity index (χ3v) is 4.17. The predicted molar refractivity (Wildman–Crippen MR) is 87.7 cm³/mol. The fourth-order valence-corrected chi connectivity index (χ4v) is 2.96. The van der Waals surface area contributed by atoms with Crippen molar-refractivity contribution in [2.45, 2.75) is 57.9 Å². The van der Waals surface area contributed by atoms with E-state index in [-0.39, 0.29) is 5.91 Å². The number of hydrogen-bond acceptors (Lipinski definition) is 3. The summed E-state index contributed by atoms with van der Waals surface area (Å²) in [6, 6.07) is 5.64. The van der Waals surface area contributed by atoms with Crippen molar-refractivity contribution in [3.63, 3.8) is 0 Å². The second-order valence-electron chi connectivity index (χ2n) is 5.81. The summed E-state index contributed by atoms with van der Waals surface area (Å²) in [7, 11) is 1.60. The Labute approximate surface area is 133 Å². The van der Waals surface area contributed by atoms with Crippen molar-refractivity contribution in [2.75, 3.05) is 13.7 Å². The zero-order valence-electron chi connectivity index (χ0n) is 13.7. The molecule has 2 rings (SSSR count). The molecule has 0 saturated heterocycles. The molecule has 122 valence electrons. The number of carbonyl (C=O) groups excluding carboxylic acids is 1. The minimum atomic E-state index is -0.0193. The van der Waals surface area contributed by atoms with Gasteiger partial charge >= 0.3 is 0 Å². The molecule has 1 saturated carbocycles. The number of rotatable bonds is 5. The standard InChI is InChI=1S/C18H27NO3/c1-3-22-17-13-14(11-12-16(17)21-2)18(20)19-15-9-7-5-4-6-8-10-15/h11-13,15H,3-10H2,1-2H3,(H,19,20). The van der Waals surface area contributed by atoms with Gasteiger partial charge in [0.2, 0.25) is 0 Å². The first-order chi connectivity index (χ1) is 10.7. The van der Waals surface area contributed by atoms with Gasteiger partial charge in [-0.2, -0.15) is 0 Å². The van der Waals surface area contributed by atoms with Crippen molar-refractivity contribution in [1.29, 1.82) is 0 Å². The first kappa shape index (κ1) is 16.7. The van der Waals surface area contributed by atoms with Crippen molar-refractivity contribution in [3.05, 3.63) is 23.8 Å². The van der Waals surface area contributed by atoms with Crippen LogP contribution in [0.3, 0.4) is 0 Å². The van der Waals surface area contributed by atoms with E-state index in [4.69, 9.17) is 9.47 Å². The van der Waals surface area contributed by atoms with Crippen molar-refractivity contribution < 1.29 is 14.3 Å². The highest BCUT2D eigenvalue weighted by molar-refractivity contribution is 5.95. The summed E-state index contributed by atoms with van der Waals surface area (Å²) < 4.78 is 10.8. The van der Waals surface area contributed by atoms with Gasteiger partial charge in [0.15, 0.2) is 11.5 Å². The second-order valence-corrected chi connectivity index (χ2v) is 5.81. The van der Waals surface area contributed by atoms with Gasteiger partial charge in [-0.3, -0.25) is 4.79 Å². The molecule has 22 heavy (non-hydrogen) atoms. The van der Waals surface area contributed by atoms with Crippen LogP contribution in [0.5, 0.6) is 11.5 Å². The van der Waals surface area contributed by atoms with E-state index in [0.717, 1.165) is 12.8 Å². The number of carbonyl (C=O) groups is 1. The van der Waals surface area contributed by atoms with Crippen molar-refractivity contribution >= 4 is 5.91 Å². The molecule has 0 aromatic heterocycles. The Morgan fingerprint density at radius 3 is 2.45 bits per heavy atom. The summed E-state index contributed by atoms with van der Waals surface area (Å²) in [5.41, 5.74) is 0.631. The molecule has 1 fully saturated rings. The van der Waals surface area contributed by atoms with Crippen molar-refractivity contribution in [1.82, 2.24) is 5.32 Å². The van der Waals surface area contributed by atoms with E-state index in [9.17, 15) is 4.79 Å². The number of methoxy groups -OCH3 is 1. The lowest BCUT2D eigenvalue weighted by Gasteiger charge is -2.21. The number of ether oxygens (including phenoxy) is 2. The molecule has 1 aromatic rings. The van der Waals surface area contributed by atoms with E-state index in [1.807, 2.05) is 6.92 Å². The van der Waals surface area contributed by atoms with Crippen LogP contribution in [-0.2, 0) is 0 Å². The molecule has 0 radical (unpaired) electrons. The highest BCUT2D eigenvalue weighted by Gasteiger charge is 2.16. The Bertz CT molecular complexity index is 479. The lowest BCUT2D eigenvalue weighted by molar-refractivity contribution is 0.0930. The van der Waals surface area contributed by atoms with Crippen LogP contribution in [0.15, 0.2) is 18.2 Å². The zero-order valence-corrected chi connectivity index (χ0v) is 13.7. The van der Waals surface area contributed by atoms with Crippen molar-refractivity contribution in [3.8, 4) is 11.5 Å². The second kappa shape index (κ2) is 8.66. The normalized spacial score (nSPS) is 16.5. The van der Waals surface area contributed by atoms with E-state index >= 15 is 0 Å². The molecule has 0 spiro atoms. The summed E-state index contributed by atoms with van der Waals surface area (Å²) in [5, 5.41) is 3.17. The molecule has 1 aliphatic carbocycles. The van der Waals surface area contributed by atoms with Crippen LogP contribution in [0.1, 0.15) is 62.2 Å². The van der Waals surface area contributed by atoms with Crippen LogP contribution < -0.4 is 14.8 Å². The fourth-order valence-electron chi connectivity index (χ4n) is 2.96. The molecule has 0 heterocycles. The maximum absolute atomic E-state index is 12.5. The lowest BCUT2D eigenvalue weighted by Crippen LogP contribution is -2.35.